The molecule has 90 valence electrons. The molecule has 0 saturated carbocycles. The van der Waals surface area contributed by atoms with Crippen molar-refractivity contribution < 1.29 is 4.74 Å². The van der Waals surface area contributed by atoms with Crippen molar-refractivity contribution >= 4 is 31.9 Å². The van der Waals surface area contributed by atoms with Crippen molar-refractivity contribution in [2.24, 2.45) is 0 Å². The summed E-state index contributed by atoms with van der Waals surface area (Å²) in [5, 5.41) is 0.826. The van der Waals surface area contributed by atoms with Crippen LogP contribution in [-0.4, -0.2) is 11.4 Å². The van der Waals surface area contributed by atoms with Gasteiger partial charge < -0.3 is 4.74 Å². The van der Waals surface area contributed by atoms with E-state index in [1.54, 1.807) is 0 Å². The predicted molar refractivity (Wildman–Crippen MR) is 76.1 cm³/mol. The minimum atomic E-state index is 0.125. The molecule has 0 radical (unpaired) electrons. The van der Waals surface area contributed by atoms with Crippen molar-refractivity contribution in [2.75, 3.05) is 5.33 Å². The van der Waals surface area contributed by atoms with Gasteiger partial charge in [-0.15, -0.1) is 0 Å². The zero-order valence-electron chi connectivity index (χ0n) is 9.75. The number of benzene rings is 1. The van der Waals surface area contributed by atoms with E-state index in [0.717, 1.165) is 22.6 Å². The highest BCUT2D eigenvalue weighted by Crippen LogP contribution is 2.29. The normalized spacial score (nSPS) is 13.1. The average molecular weight is 350 g/mol. The van der Waals surface area contributed by atoms with Crippen LogP contribution in [0, 0.1) is 0 Å². The maximum atomic E-state index is 6.09. The maximum Gasteiger partial charge on any atom is 0.0936 e. The van der Waals surface area contributed by atoms with Crippen LogP contribution in [0.25, 0.3) is 0 Å². The van der Waals surface area contributed by atoms with Crippen molar-refractivity contribution in [3.8, 4) is 0 Å². The smallest absolute Gasteiger partial charge is 0.0936 e. The molecule has 0 amide bonds. The molecule has 0 N–H and O–H groups in total. The summed E-state index contributed by atoms with van der Waals surface area (Å²) in [7, 11) is 0. The van der Waals surface area contributed by atoms with E-state index in [4.69, 9.17) is 4.74 Å². The van der Waals surface area contributed by atoms with Crippen molar-refractivity contribution in [2.45, 2.75) is 38.9 Å². The molecule has 1 unspecified atom stereocenters. The van der Waals surface area contributed by atoms with Gasteiger partial charge in [0.15, 0.2) is 0 Å². The number of hydrogen-bond acceptors (Lipinski definition) is 1. The van der Waals surface area contributed by atoms with Crippen LogP contribution in [-0.2, 0) is 4.74 Å². The Bertz CT molecular complexity index is 311. The maximum absolute atomic E-state index is 6.09. The van der Waals surface area contributed by atoms with E-state index in [1.165, 1.54) is 5.56 Å². The molecule has 0 aliphatic rings. The van der Waals surface area contributed by atoms with Gasteiger partial charge in [-0.1, -0.05) is 63.9 Å². The fourth-order valence-corrected chi connectivity index (χ4v) is 2.68. The lowest BCUT2D eigenvalue weighted by Crippen LogP contribution is -2.16. The van der Waals surface area contributed by atoms with Gasteiger partial charge in [0.1, 0.15) is 0 Å². The van der Waals surface area contributed by atoms with Gasteiger partial charge in [0.2, 0.25) is 0 Å². The molecule has 0 heterocycles. The van der Waals surface area contributed by atoms with Gasteiger partial charge in [-0.2, -0.15) is 0 Å². The number of halogens is 2. The molecule has 0 bridgehead atoms. The molecule has 16 heavy (non-hydrogen) atoms. The summed E-state index contributed by atoms with van der Waals surface area (Å²) in [6, 6.07) is 8.24. The molecule has 0 aliphatic heterocycles. The largest absolute Gasteiger partial charge is 0.369 e. The van der Waals surface area contributed by atoms with E-state index < -0.39 is 0 Å². The van der Waals surface area contributed by atoms with Crippen LogP contribution < -0.4 is 0 Å². The predicted octanol–water partition coefficient (Wildman–Crippen LogP) is 5.09. The van der Waals surface area contributed by atoms with Crippen molar-refractivity contribution in [3.05, 3.63) is 34.3 Å². The highest BCUT2D eigenvalue weighted by Gasteiger charge is 2.17. The first-order valence-electron chi connectivity index (χ1n) is 5.68. The van der Waals surface area contributed by atoms with Gasteiger partial charge in [0.25, 0.3) is 0 Å². The SMILES string of the molecule is CCC(CC)OC(CBr)c1ccccc1Br. The van der Waals surface area contributed by atoms with Gasteiger partial charge >= 0.3 is 0 Å². The van der Waals surface area contributed by atoms with E-state index in [1.807, 2.05) is 12.1 Å². The first-order valence-corrected chi connectivity index (χ1v) is 7.60. The molecule has 0 aromatic heterocycles. The van der Waals surface area contributed by atoms with E-state index >= 15 is 0 Å². The minimum absolute atomic E-state index is 0.125. The van der Waals surface area contributed by atoms with E-state index in [-0.39, 0.29) is 6.10 Å². The van der Waals surface area contributed by atoms with Crippen LogP contribution >= 0.6 is 31.9 Å². The second-order valence-electron chi connectivity index (χ2n) is 3.74. The molecular weight excluding hydrogens is 332 g/mol. The first-order chi connectivity index (χ1) is 7.72. The number of hydrogen-bond donors (Lipinski definition) is 0. The number of ether oxygens (including phenoxy) is 1. The van der Waals surface area contributed by atoms with Crippen LogP contribution in [0.1, 0.15) is 38.4 Å². The molecule has 0 aliphatic carbocycles. The molecular formula is C13H18Br2O. The third kappa shape index (κ3) is 3.86. The monoisotopic (exact) mass is 348 g/mol. The lowest BCUT2D eigenvalue weighted by atomic mass is 10.1. The first kappa shape index (κ1) is 14.2. The topological polar surface area (TPSA) is 9.23 Å². The number of rotatable bonds is 6. The second-order valence-corrected chi connectivity index (χ2v) is 5.24. The molecule has 1 rings (SSSR count). The van der Waals surface area contributed by atoms with Crippen molar-refractivity contribution in [1.82, 2.24) is 0 Å². The third-order valence-corrected chi connectivity index (χ3v) is 3.97. The molecule has 1 aromatic carbocycles. The molecule has 0 saturated heterocycles. The Balaban J connectivity index is 2.78. The molecule has 0 spiro atoms. The Labute approximate surface area is 115 Å². The standard InChI is InChI=1S/C13H18Br2O/c1-3-10(4-2)16-13(9-14)11-7-5-6-8-12(11)15/h5-8,10,13H,3-4,9H2,1-2H3. The van der Waals surface area contributed by atoms with Crippen LogP contribution in [0.5, 0.6) is 0 Å². The molecule has 3 heteroatoms. The summed E-state index contributed by atoms with van der Waals surface area (Å²) in [5.74, 6) is 0. The highest BCUT2D eigenvalue weighted by atomic mass is 79.9. The Morgan fingerprint density at radius 3 is 2.31 bits per heavy atom. The summed E-state index contributed by atoms with van der Waals surface area (Å²) < 4.78 is 7.20. The van der Waals surface area contributed by atoms with Gasteiger partial charge in [0, 0.05) is 9.80 Å². The third-order valence-electron chi connectivity index (χ3n) is 2.66. The van der Waals surface area contributed by atoms with E-state index in [9.17, 15) is 0 Å². The van der Waals surface area contributed by atoms with Crippen LogP contribution in [0.15, 0.2) is 28.7 Å². The van der Waals surface area contributed by atoms with E-state index in [2.05, 4.69) is 57.8 Å². The Hall–Kier alpha value is 0.140. The Kier molecular flexibility index (Phi) is 6.62. The average Bonchev–Trinajstić information content (AvgIpc) is 2.32. The lowest BCUT2D eigenvalue weighted by Gasteiger charge is -2.23. The quantitative estimate of drug-likeness (QED) is 0.650. The minimum Gasteiger partial charge on any atom is -0.369 e. The summed E-state index contributed by atoms with van der Waals surface area (Å²) in [4.78, 5) is 0. The van der Waals surface area contributed by atoms with Crippen molar-refractivity contribution in [1.29, 1.82) is 0 Å². The molecule has 1 atom stereocenters. The Morgan fingerprint density at radius 1 is 1.19 bits per heavy atom. The molecule has 0 fully saturated rings. The highest BCUT2D eigenvalue weighted by molar-refractivity contribution is 9.10. The van der Waals surface area contributed by atoms with Gasteiger partial charge in [-0.25, -0.2) is 0 Å². The fourth-order valence-electron chi connectivity index (χ4n) is 1.64. The van der Waals surface area contributed by atoms with Gasteiger partial charge in [-0.05, 0) is 24.5 Å². The van der Waals surface area contributed by atoms with Gasteiger partial charge in [-0.3, -0.25) is 0 Å². The van der Waals surface area contributed by atoms with Crippen LogP contribution in [0.4, 0.5) is 0 Å². The zero-order valence-corrected chi connectivity index (χ0v) is 12.9. The number of alkyl halides is 1. The zero-order chi connectivity index (χ0) is 12.0. The van der Waals surface area contributed by atoms with Gasteiger partial charge in [0.05, 0.1) is 12.2 Å². The molecule has 1 aromatic rings. The van der Waals surface area contributed by atoms with E-state index in [0.29, 0.717) is 6.10 Å². The summed E-state index contributed by atoms with van der Waals surface area (Å²) in [6.45, 7) is 4.33. The summed E-state index contributed by atoms with van der Waals surface area (Å²) in [5.41, 5.74) is 1.21. The summed E-state index contributed by atoms with van der Waals surface area (Å²) >= 11 is 7.10. The lowest BCUT2D eigenvalue weighted by molar-refractivity contribution is -0.00427. The van der Waals surface area contributed by atoms with Crippen LogP contribution in [0.2, 0.25) is 0 Å². The Morgan fingerprint density at radius 2 is 1.81 bits per heavy atom. The van der Waals surface area contributed by atoms with Crippen molar-refractivity contribution in [3.63, 3.8) is 0 Å². The second kappa shape index (κ2) is 7.46. The fraction of sp³-hybridized carbons (Fsp3) is 0.538. The molecule has 1 nitrogen and oxygen atoms in total. The summed E-state index contributed by atoms with van der Waals surface area (Å²) in [6.07, 6.45) is 2.59. The van der Waals surface area contributed by atoms with Crippen LogP contribution in [0.3, 0.4) is 0 Å².